The second-order valence-corrected chi connectivity index (χ2v) is 5.19. The Kier molecular flexibility index (Phi) is 4.62. The van der Waals surface area contributed by atoms with Crippen molar-refractivity contribution in [2.24, 2.45) is 0 Å². The maximum atomic E-state index is 11.7. The van der Waals surface area contributed by atoms with Gasteiger partial charge in [-0.15, -0.1) is 0 Å². The monoisotopic (exact) mass is 288 g/mol. The van der Waals surface area contributed by atoms with Crippen molar-refractivity contribution in [3.8, 4) is 0 Å². The first kappa shape index (κ1) is 15.1. The topological polar surface area (TPSA) is 71.3 Å². The van der Waals surface area contributed by atoms with Gasteiger partial charge >= 0.3 is 5.63 Å². The molecule has 1 amide bonds. The van der Waals surface area contributed by atoms with E-state index in [0.29, 0.717) is 5.58 Å². The van der Waals surface area contributed by atoms with E-state index in [9.17, 15) is 9.59 Å². The van der Waals surface area contributed by atoms with Crippen LogP contribution in [0.2, 0.25) is 0 Å². The van der Waals surface area contributed by atoms with Crippen LogP contribution in [0.4, 0.5) is 5.69 Å². The summed E-state index contributed by atoms with van der Waals surface area (Å²) in [5.74, 6) is -0.0601. The summed E-state index contributed by atoms with van der Waals surface area (Å²) in [5, 5.41) is 6.80. The molecule has 0 aliphatic rings. The van der Waals surface area contributed by atoms with Gasteiger partial charge < -0.3 is 15.1 Å². The van der Waals surface area contributed by atoms with Crippen molar-refractivity contribution in [3.05, 3.63) is 40.2 Å². The van der Waals surface area contributed by atoms with Gasteiger partial charge in [0.1, 0.15) is 5.58 Å². The lowest BCUT2D eigenvalue weighted by molar-refractivity contribution is -0.120. The lowest BCUT2D eigenvalue weighted by atomic mass is 10.1. The summed E-state index contributed by atoms with van der Waals surface area (Å²) in [5.41, 5.74) is 1.77. The number of aryl methyl sites for hydroxylation is 1. The lowest BCUT2D eigenvalue weighted by Crippen LogP contribution is -2.36. The highest BCUT2D eigenvalue weighted by Crippen LogP contribution is 2.20. The van der Waals surface area contributed by atoms with Crippen LogP contribution in [0.5, 0.6) is 0 Å². The average Bonchev–Trinajstić information content (AvgIpc) is 2.44. The smallest absolute Gasteiger partial charge is 0.336 e. The minimum absolute atomic E-state index is 0.0601. The molecule has 1 unspecified atom stereocenters. The number of carbonyl (C=O) groups excluding carboxylic acids is 1. The van der Waals surface area contributed by atoms with Crippen LogP contribution in [-0.2, 0) is 4.79 Å². The molecule has 5 heteroatoms. The van der Waals surface area contributed by atoms with Crippen molar-refractivity contribution in [2.75, 3.05) is 11.9 Å². The van der Waals surface area contributed by atoms with Crippen LogP contribution in [0.25, 0.3) is 11.0 Å². The molecule has 5 nitrogen and oxygen atoms in total. The van der Waals surface area contributed by atoms with Gasteiger partial charge in [-0.3, -0.25) is 4.79 Å². The highest BCUT2D eigenvalue weighted by Gasteiger charge is 2.07. The Morgan fingerprint density at radius 3 is 2.81 bits per heavy atom. The van der Waals surface area contributed by atoms with Gasteiger partial charge in [0.25, 0.3) is 0 Å². The minimum atomic E-state index is -0.369. The second-order valence-electron chi connectivity index (χ2n) is 5.19. The molecule has 1 aromatic carbocycles. The molecule has 2 rings (SSSR count). The van der Waals surface area contributed by atoms with Gasteiger partial charge in [0.15, 0.2) is 0 Å². The van der Waals surface area contributed by atoms with Crippen molar-refractivity contribution in [1.29, 1.82) is 0 Å². The van der Waals surface area contributed by atoms with Crippen molar-refractivity contribution in [3.63, 3.8) is 0 Å². The number of carbonyl (C=O) groups is 1. The van der Waals surface area contributed by atoms with E-state index >= 15 is 0 Å². The molecule has 1 heterocycles. The first-order chi connectivity index (χ1) is 9.99. The summed E-state index contributed by atoms with van der Waals surface area (Å²) >= 11 is 0. The summed E-state index contributed by atoms with van der Waals surface area (Å²) in [6.45, 7) is 6.04. The lowest BCUT2D eigenvalue weighted by Gasteiger charge is -2.12. The zero-order valence-corrected chi connectivity index (χ0v) is 12.5. The molecule has 0 radical (unpaired) electrons. The Morgan fingerprint density at radius 2 is 2.10 bits per heavy atom. The quantitative estimate of drug-likeness (QED) is 0.829. The van der Waals surface area contributed by atoms with Gasteiger partial charge in [-0.25, -0.2) is 4.79 Å². The highest BCUT2D eigenvalue weighted by molar-refractivity contribution is 5.85. The van der Waals surface area contributed by atoms with Gasteiger partial charge in [-0.1, -0.05) is 6.92 Å². The molecule has 2 N–H and O–H groups in total. The summed E-state index contributed by atoms with van der Waals surface area (Å²) < 4.78 is 5.18. The van der Waals surface area contributed by atoms with Crippen molar-refractivity contribution in [2.45, 2.75) is 33.2 Å². The predicted molar refractivity (Wildman–Crippen MR) is 83.6 cm³/mol. The number of fused-ring (bicyclic) bond motifs is 1. The van der Waals surface area contributed by atoms with E-state index in [0.717, 1.165) is 23.1 Å². The summed E-state index contributed by atoms with van der Waals surface area (Å²) in [4.78, 5) is 23.1. The molecule has 1 aromatic heterocycles. The molecule has 21 heavy (non-hydrogen) atoms. The second kappa shape index (κ2) is 6.43. The molecule has 1 atom stereocenters. The third-order valence-corrected chi connectivity index (χ3v) is 3.42. The Labute approximate surface area is 123 Å². The van der Waals surface area contributed by atoms with Crippen LogP contribution < -0.4 is 16.3 Å². The van der Waals surface area contributed by atoms with E-state index in [2.05, 4.69) is 10.6 Å². The molecule has 2 aromatic rings. The normalized spacial score (nSPS) is 12.1. The van der Waals surface area contributed by atoms with E-state index in [1.807, 2.05) is 32.9 Å². The number of amides is 1. The zero-order valence-electron chi connectivity index (χ0n) is 12.5. The van der Waals surface area contributed by atoms with E-state index in [-0.39, 0.29) is 24.1 Å². The van der Waals surface area contributed by atoms with Crippen molar-refractivity contribution in [1.82, 2.24) is 5.32 Å². The molecular formula is C16H20N2O3. The third kappa shape index (κ3) is 3.84. The minimum Gasteiger partial charge on any atom is -0.423 e. The zero-order chi connectivity index (χ0) is 15.4. The van der Waals surface area contributed by atoms with Crippen LogP contribution in [0.15, 0.2) is 33.5 Å². The molecular weight excluding hydrogens is 268 g/mol. The highest BCUT2D eigenvalue weighted by atomic mass is 16.4. The number of hydrogen-bond acceptors (Lipinski definition) is 4. The fourth-order valence-electron chi connectivity index (χ4n) is 2.05. The Balaban J connectivity index is 2.10. The van der Waals surface area contributed by atoms with Crippen LogP contribution in [0.3, 0.4) is 0 Å². The number of anilines is 1. The maximum absolute atomic E-state index is 11.7. The standard InChI is InChI=1S/C16H20N2O3/c1-4-11(3)18-15(19)9-17-12-5-6-13-10(2)7-16(20)21-14(13)8-12/h5-8,11,17H,4,9H2,1-3H3,(H,18,19). The molecule has 0 bridgehead atoms. The van der Waals surface area contributed by atoms with Gasteiger partial charge in [-0.2, -0.15) is 0 Å². The van der Waals surface area contributed by atoms with Crippen LogP contribution in [0, 0.1) is 6.92 Å². The number of hydrogen-bond donors (Lipinski definition) is 2. The fourth-order valence-corrected chi connectivity index (χ4v) is 2.05. The van der Waals surface area contributed by atoms with E-state index in [4.69, 9.17) is 4.42 Å². The SMILES string of the molecule is CCC(C)NC(=O)CNc1ccc2c(C)cc(=O)oc2c1. The van der Waals surface area contributed by atoms with Gasteiger partial charge in [0, 0.05) is 29.2 Å². The van der Waals surface area contributed by atoms with E-state index < -0.39 is 0 Å². The molecule has 0 fully saturated rings. The number of rotatable bonds is 5. The Hall–Kier alpha value is -2.30. The van der Waals surface area contributed by atoms with Crippen LogP contribution in [-0.4, -0.2) is 18.5 Å². The summed E-state index contributed by atoms with van der Waals surface area (Å²) in [6, 6.07) is 7.11. The third-order valence-electron chi connectivity index (χ3n) is 3.42. The van der Waals surface area contributed by atoms with E-state index in [1.165, 1.54) is 6.07 Å². The molecule has 0 spiro atoms. The molecule has 0 aliphatic carbocycles. The van der Waals surface area contributed by atoms with Crippen molar-refractivity contribution < 1.29 is 9.21 Å². The van der Waals surface area contributed by atoms with Crippen LogP contribution in [0.1, 0.15) is 25.8 Å². The van der Waals surface area contributed by atoms with Crippen molar-refractivity contribution >= 4 is 22.6 Å². The van der Waals surface area contributed by atoms with Gasteiger partial charge in [-0.05, 0) is 38.0 Å². The molecule has 0 saturated carbocycles. The molecule has 112 valence electrons. The molecule has 0 aliphatic heterocycles. The van der Waals surface area contributed by atoms with Gasteiger partial charge in [0.05, 0.1) is 6.54 Å². The fraction of sp³-hybridized carbons (Fsp3) is 0.375. The Morgan fingerprint density at radius 1 is 1.33 bits per heavy atom. The number of nitrogens with one attached hydrogen (secondary N) is 2. The first-order valence-corrected chi connectivity index (χ1v) is 7.07. The molecule has 0 saturated heterocycles. The average molecular weight is 288 g/mol. The maximum Gasteiger partial charge on any atom is 0.336 e. The Bertz CT molecular complexity index is 706. The summed E-state index contributed by atoms with van der Waals surface area (Å²) in [7, 11) is 0. The number of benzene rings is 1. The van der Waals surface area contributed by atoms with Crippen LogP contribution >= 0.6 is 0 Å². The summed E-state index contributed by atoms with van der Waals surface area (Å²) in [6.07, 6.45) is 0.895. The first-order valence-electron chi connectivity index (χ1n) is 7.07. The largest absolute Gasteiger partial charge is 0.423 e. The van der Waals surface area contributed by atoms with E-state index in [1.54, 1.807) is 6.07 Å². The van der Waals surface area contributed by atoms with Gasteiger partial charge in [0.2, 0.25) is 5.91 Å². The predicted octanol–water partition coefficient (Wildman–Crippen LogP) is 2.43.